The molecule has 0 aliphatic carbocycles. The number of rotatable bonds is 8. The van der Waals surface area contributed by atoms with Crippen molar-refractivity contribution in [3.05, 3.63) is 48.6 Å². The maximum atomic E-state index is 11.6. The van der Waals surface area contributed by atoms with Crippen LogP contribution in [-0.2, 0) is 22.4 Å². The fraction of sp³-hybridized carbons (Fsp3) is 0.267. The Labute approximate surface area is 133 Å². The standard InChI is InChI=1S/C15H18N6O2/c22-14(20-6-4-12-16-8-9-17-12)2-1-3-15(23)21-7-5-13-18-10-11-19-13/h1-2,6,8-11H,3-5,7H2,(H,16,17)(H,18,19)(H,21,23)/b2-1+,20-6?. The predicted octanol–water partition coefficient (Wildman–Crippen LogP) is 0.578. The van der Waals surface area contributed by atoms with E-state index >= 15 is 0 Å². The van der Waals surface area contributed by atoms with Gasteiger partial charge in [0, 0.05) is 62.9 Å². The SMILES string of the molecule is O=C(/C=C/CC(=O)NCCc1ncc[nH]1)N=CCc1ncc[nH]1. The number of aliphatic imine (C=N–C) groups is 1. The van der Waals surface area contributed by atoms with Crippen molar-refractivity contribution in [2.24, 2.45) is 4.99 Å². The number of nitrogens with zero attached hydrogens (tertiary/aromatic N) is 3. The molecule has 8 heteroatoms. The van der Waals surface area contributed by atoms with Crippen LogP contribution in [0.15, 0.2) is 41.9 Å². The average Bonchev–Trinajstić information content (AvgIpc) is 3.20. The van der Waals surface area contributed by atoms with Gasteiger partial charge in [-0.3, -0.25) is 9.59 Å². The van der Waals surface area contributed by atoms with E-state index in [1.54, 1.807) is 24.8 Å². The number of nitrogens with one attached hydrogen (secondary N) is 3. The minimum absolute atomic E-state index is 0.137. The van der Waals surface area contributed by atoms with Gasteiger partial charge in [-0.2, -0.15) is 0 Å². The molecule has 0 atom stereocenters. The van der Waals surface area contributed by atoms with Gasteiger partial charge >= 0.3 is 0 Å². The number of hydrogen-bond donors (Lipinski definition) is 3. The van der Waals surface area contributed by atoms with Crippen molar-refractivity contribution in [1.82, 2.24) is 25.3 Å². The molecule has 23 heavy (non-hydrogen) atoms. The van der Waals surface area contributed by atoms with E-state index in [-0.39, 0.29) is 12.3 Å². The molecule has 0 saturated heterocycles. The summed E-state index contributed by atoms with van der Waals surface area (Å²) >= 11 is 0. The second-order valence-electron chi connectivity index (χ2n) is 4.63. The van der Waals surface area contributed by atoms with Crippen LogP contribution in [0.4, 0.5) is 0 Å². The highest BCUT2D eigenvalue weighted by atomic mass is 16.2. The average molecular weight is 314 g/mol. The largest absolute Gasteiger partial charge is 0.355 e. The number of hydrogen-bond acceptors (Lipinski definition) is 4. The van der Waals surface area contributed by atoms with E-state index in [1.165, 1.54) is 18.4 Å². The molecule has 3 N–H and O–H groups in total. The van der Waals surface area contributed by atoms with Gasteiger partial charge in [0.1, 0.15) is 11.6 Å². The molecule has 0 aromatic carbocycles. The lowest BCUT2D eigenvalue weighted by atomic mass is 10.3. The number of amides is 2. The van der Waals surface area contributed by atoms with E-state index in [1.807, 2.05) is 0 Å². The first-order chi connectivity index (χ1) is 11.2. The van der Waals surface area contributed by atoms with Crippen LogP contribution in [0.2, 0.25) is 0 Å². The molecule has 2 rings (SSSR count). The van der Waals surface area contributed by atoms with Crippen molar-refractivity contribution in [3.63, 3.8) is 0 Å². The Kier molecular flexibility index (Phi) is 6.45. The van der Waals surface area contributed by atoms with Crippen LogP contribution < -0.4 is 5.32 Å². The van der Waals surface area contributed by atoms with E-state index < -0.39 is 5.91 Å². The van der Waals surface area contributed by atoms with Crippen LogP contribution in [0.3, 0.4) is 0 Å². The molecule has 0 aliphatic rings. The molecule has 2 amide bonds. The van der Waals surface area contributed by atoms with Crippen molar-refractivity contribution in [2.45, 2.75) is 19.3 Å². The second kappa shape index (κ2) is 9.08. The number of aromatic nitrogens is 4. The first-order valence-corrected chi connectivity index (χ1v) is 7.20. The summed E-state index contributed by atoms with van der Waals surface area (Å²) in [5.41, 5.74) is 0. The third-order valence-electron chi connectivity index (χ3n) is 2.86. The summed E-state index contributed by atoms with van der Waals surface area (Å²) < 4.78 is 0. The molecule has 0 bridgehead atoms. The number of carbonyl (C=O) groups excluding carboxylic acids is 2. The molecule has 0 aliphatic heterocycles. The topological polar surface area (TPSA) is 116 Å². The Morgan fingerprint density at radius 3 is 2.61 bits per heavy atom. The van der Waals surface area contributed by atoms with Crippen LogP contribution in [-0.4, -0.2) is 44.5 Å². The molecule has 8 nitrogen and oxygen atoms in total. The van der Waals surface area contributed by atoms with Gasteiger partial charge in [-0.15, -0.1) is 0 Å². The van der Waals surface area contributed by atoms with Gasteiger partial charge in [0.25, 0.3) is 5.91 Å². The fourth-order valence-corrected chi connectivity index (χ4v) is 1.77. The van der Waals surface area contributed by atoms with Gasteiger partial charge in [0.15, 0.2) is 0 Å². The molecule has 120 valence electrons. The molecule has 0 unspecified atom stereocenters. The first kappa shape index (κ1) is 16.3. The molecule has 2 aromatic heterocycles. The van der Waals surface area contributed by atoms with Gasteiger partial charge < -0.3 is 15.3 Å². The maximum Gasteiger partial charge on any atom is 0.269 e. The molecule has 2 heterocycles. The summed E-state index contributed by atoms with van der Waals surface area (Å²) in [5.74, 6) is 1.00. The summed E-state index contributed by atoms with van der Waals surface area (Å²) in [7, 11) is 0. The number of aromatic amines is 2. The van der Waals surface area contributed by atoms with Gasteiger partial charge in [0.2, 0.25) is 5.91 Å². The molecule has 0 radical (unpaired) electrons. The molecule has 0 spiro atoms. The second-order valence-corrected chi connectivity index (χ2v) is 4.63. The highest BCUT2D eigenvalue weighted by molar-refractivity contribution is 5.94. The van der Waals surface area contributed by atoms with Crippen LogP contribution in [0.25, 0.3) is 0 Å². The van der Waals surface area contributed by atoms with Crippen molar-refractivity contribution in [3.8, 4) is 0 Å². The molecule has 2 aromatic rings. The Balaban J connectivity index is 1.59. The van der Waals surface area contributed by atoms with Crippen molar-refractivity contribution in [1.29, 1.82) is 0 Å². The van der Waals surface area contributed by atoms with Gasteiger partial charge in [-0.05, 0) is 0 Å². The lowest BCUT2D eigenvalue weighted by Crippen LogP contribution is -2.25. The van der Waals surface area contributed by atoms with Gasteiger partial charge in [0.05, 0.1) is 0 Å². The lowest BCUT2D eigenvalue weighted by molar-refractivity contribution is -0.120. The molecule has 0 fully saturated rings. The zero-order valence-electron chi connectivity index (χ0n) is 12.5. The van der Waals surface area contributed by atoms with E-state index in [4.69, 9.17) is 0 Å². The number of H-pyrrole nitrogens is 2. The zero-order valence-corrected chi connectivity index (χ0v) is 12.5. The van der Waals surface area contributed by atoms with Crippen molar-refractivity contribution < 1.29 is 9.59 Å². The van der Waals surface area contributed by atoms with Crippen LogP contribution in [0.5, 0.6) is 0 Å². The van der Waals surface area contributed by atoms with Crippen molar-refractivity contribution >= 4 is 18.0 Å². The molecular weight excluding hydrogens is 296 g/mol. The maximum absolute atomic E-state index is 11.6. The monoisotopic (exact) mass is 314 g/mol. The Bertz CT molecular complexity index is 658. The summed E-state index contributed by atoms with van der Waals surface area (Å²) in [4.78, 5) is 40.7. The lowest BCUT2D eigenvalue weighted by Gasteiger charge is -2.01. The highest BCUT2D eigenvalue weighted by Crippen LogP contribution is 1.91. The van der Waals surface area contributed by atoms with E-state index in [0.717, 1.165) is 11.6 Å². The number of carbonyl (C=O) groups is 2. The van der Waals surface area contributed by atoms with Gasteiger partial charge in [-0.1, -0.05) is 6.08 Å². The van der Waals surface area contributed by atoms with E-state index in [9.17, 15) is 9.59 Å². The smallest absolute Gasteiger partial charge is 0.269 e. The Hall–Kier alpha value is -3.03. The fourth-order valence-electron chi connectivity index (χ4n) is 1.77. The summed E-state index contributed by atoms with van der Waals surface area (Å²) in [5, 5.41) is 2.74. The first-order valence-electron chi connectivity index (χ1n) is 7.20. The minimum atomic E-state index is -0.403. The van der Waals surface area contributed by atoms with E-state index in [0.29, 0.717) is 19.4 Å². The Morgan fingerprint density at radius 1 is 1.17 bits per heavy atom. The highest BCUT2D eigenvalue weighted by Gasteiger charge is 2.00. The zero-order chi connectivity index (χ0) is 16.3. The Morgan fingerprint density at radius 2 is 1.91 bits per heavy atom. The van der Waals surface area contributed by atoms with Crippen LogP contribution in [0, 0.1) is 0 Å². The third kappa shape index (κ3) is 6.51. The van der Waals surface area contributed by atoms with Gasteiger partial charge in [-0.25, -0.2) is 15.0 Å². The summed E-state index contributed by atoms with van der Waals surface area (Å²) in [6, 6.07) is 0. The minimum Gasteiger partial charge on any atom is -0.355 e. The molecule has 0 saturated carbocycles. The molecular formula is C15H18N6O2. The number of imidazole rings is 2. The predicted molar refractivity (Wildman–Crippen MR) is 84.8 cm³/mol. The van der Waals surface area contributed by atoms with E-state index in [2.05, 4.69) is 30.2 Å². The third-order valence-corrected chi connectivity index (χ3v) is 2.86. The quantitative estimate of drug-likeness (QED) is 0.488. The van der Waals surface area contributed by atoms with Crippen LogP contribution >= 0.6 is 0 Å². The normalized spacial score (nSPS) is 11.3. The van der Waals surface area contributed by atoms with Crippen molar-refractivity contribution in [2.75, 3.05) is 6.54 Å². The summed E-state index contributed by atoms with van der Waals surface area (Å²) in [6.07, 6.45) is 12.2. The van der Waals surface area contributed by atoms with Crippen LogP contribution in [0.1, 0.15) is 18.1 Å². The summed E-state index contributed by atoms with van der Waals surface area (Å²) in [6.45, 7) is 0.495.